The molecule has 208 valence electrons. The molecule has 0 radical (unpaired) electrons. The van der Waals surface area contributed by atoms with E-state index in [0.717, 1.165) is 43.0 Å². The van der Waals surface area contributed by atoms with E-state index >= 15 is 9.13 Å². The van der Waals surface area contributed by atoms with Crippen LogP contribution in [0.3, 0.4) is 0 Å². The molecule has 0 fully saturated rings. The molecule has 4 heteroatoms. The quantitative estimate of drug-likeness (QED) is 0.188. The Morgan fingerprint density at radius 1 is 0.405 bits per heavy atom. The molecule has 0 spiro atoms. The zero-order valence-electron chi connectivity index (χ0n) is 24.0. The minimum Gasteiger partial charge on any atom is -0.309 e. The van der Waals surface area contributed by atoms with Crippen LogP contribution in [0.25, 0.3) is 0 Å². The second-order valence-corrected chi connectivity index (χ2v) is 16.7. The summed E-state index contributed by atoms with van der Waals surface area (Å²) in [5.74, 6) is 0. The highest BCUT2D eigenvalue weighted by molar-refractivity contribution is 7.83. The number of benzene rings is 5. The number of rotatable bonds is 6. The largest absolute Gasteiger partial charge is 0.309 e. The predicted molar refractivity (Wildman–Crippen MR) is 179 cm³/mol. The highest BCUT2D eigenvalue weighted by atomic mass is 31.2. The van der Waals surface area contributed by atoms with Crippen LogP contribution in [0, 0.1) is 0 Å². The van der Waals surface area contributed by atoms with Gasteiger partial charge in [-0.05, 0) is 59.6 Å². The average Bonchev–Trinajstić information content (AvgIpc) is 3.07. The number of hydrogen-bond acceptors (Lipinski definition) is 2. The monoisotopic (exact) mass is 584 g/mol. The van der Waals surface area contributed by atoms with Crippen LogP contribution in [0.5, 0.6) is 0 Å². The molecular formula is C38H34O2P2. The van der Waals surface area contributed by atoms with E-state index in [0.29, 0.717) is 12.8 Å². The van der Waals surface area contributed by atoms with E-state index < -0.39 is 14.3 Å². The highest BCUT2D eigenvalue weighted by Gasteiger charge is 2.37. The fourth-order valence-electron chi connectivity index (χ4n) is 6.19. The lowest BCUT2D eigenvalue weighted by molar-refractivity contribution is 0.589. The van der Waals surface area contributed by atoms with Gasteiger partial charge in [0.1, 0.15) is 0 Å². The topological polar surface area (TPSA) is 34.1 Å². The number of allylic oxidation sites excluding steroid dienone is 4. The summed E-state index contributed by atoms with van der Waals surface area (Å²) in [6.07, 6.45) is 1.28. The normalized spacial score (nSPS) is 16.0. The smallest absolute Gasteiger partial charge is 0.167 e. The molecule has 5 aromatic rings. The van der Waals surface area contributed by atoms with Gasteiger partial charge < -0.3 is 9.13 Å². The van der Waals surface area contributed by atoms with Gasteiger partial charge in [0.2, 0.25) is 0 Å². The molecule has 1 aliphatic carbocycles. The number of fused-ring (bicyclic) bond motifs is 1. The van der Waals surface area contributed by atoms with Crippen LogP contribution in [-0.2, 0) is 22.0 Å². The standard InChI is InChI=1S/C38H34O2P2/c1-29(41(39,33-19-7-3-8-20-33)34-21-9-4-10-22-34)37-27-31-17-15-16-18-32(31)28-38(37)30(2)42(40,35-23-11-5-12-24-35)36-25-13-6-14-26-36/h3-26H,27-28H2,1-2H3/b37-29-,38-30+. The van der Waals surface area contributed by atoms with Crippen molar-refractivity contribution in [2.45, 2.75) is 26.7 Å². The lowest BCUT2D eigenvalue weighted by Crippen LogP contribution is -2.22. The molecule has 0 N–H and O–H groups in total. The summed E-state index contributed by atoms with van der Waals surface area (Å²) in [5.41, 5.74) is 4.53. The summed E-state index contributed by atoms with van der Waals surface area (Å²) < 4.78 is 31.1. The lowest BCUT2D eigenvalue weighted by atomic mass is 9.84. The maximum Gasteiger partial charge on any atom is 0.167 e. The summed E-state index contributed by atoms with van der Waals surface area (Å²) in [7, 11) is -6.43. The fourth-order valence-corrected chi connectivity index (χ4v) is 11.9. The molecule has 0 saturated heterocycles. The summed E-state index contributed by atoms with van der Waals surface area (Å²) >= 11 is 0. The van der Waals surface area contributed by atoms with Gasteiger partial charge in [-0.3, -0.25) is 0 Å². The van der Waals surface area contributed by atoms with Crippen LogP contribution in [0.2, 0.25) is 0 Å². The maximum atomic E-state index is 15.5. The van der Waals surface area contributed by atoms with E-state index in [-0.39, 0.29) is 0 Å². The Morgan fingerprint density at radius 3 is 0.905 bits per heavy atom. The first-order valence-electron chi connectivity index (χ1n) is 14.3. The van der Waals surface area contributed by atoms with Crippen molar-refractivity contribution in [1.82, 2.24) is 0 Å². The van der Waals surface area contributed by atoms with E-state index in [1.165, 1.54) is 11.1 Å². The molecule has 0 aromatic heterocycles. The molecule has 42 heavy (non-hydrogen) atoms. The van der Waals surface area contributed by atoms with Crippen molar-refractivity contribution in [2.75, 3.05) is 0 Å². The second-order valence-electron chi connectivity index (χ2n) is 10.8. The number of hydrogen-bond donors (Lipinski definition) is 0. The maximum absolute atomic E-state index is 15.5. The van der Waals surface area contributed by atoms with E-state index in [9.17, 15) is 0 Å². The summed E-state index contributed by atoms with van der Waals surface area (Å²) in [6, 6.07) is 47.8. The molecule has 0 bridgehead atoms. The van der Waals surface area contributed by atoms with Crippen molar-refractivity contribution >= 4 is 35.5 Å². The second kappa shape index (κ2) is 11.7. The van der Waals surface area contributed by atoms with Crippen LogP contribution in [0.15, 0.2) is 167 Å². The molecule has 0 aliphatic heterocycles. The molecule has 0 heterocycles. The molecule has 0 unspecified atom stereocenters. The molecule has 6 rings (SSSR count). The Kier molecular flexibility index (Phi) is 7.87. The van der Waals surface area contributed by atoms with Crippen molar-refractivity contribution in [3.63, 3.8) is 0 Å². The first kappa shape index (κ1) is 28.2. The van der Waals surface area contributed by atoms with Crippen LogP contribution >= 0.6 is 14.3 Å². The molecule has 1 aliphatic rings. The van der Waals surface area contributed by atoms with Gasteiger partial charge in [0.05, 0.1) is 0 Å². The van der Waals surface area contributed by atoms with Gasteiger partial charge >= 0.3 is 0 Å². The zero-order valence-corrected chi connectivity index (χ0v) is 25.8. The Labute approximate surface area is 249 Å². The zero-order chi connectivity index (χ0) is 29.2. The first-order chi connectivity index (χ1) is 20.4. The van der Waals surface area contributed by atoms with Gasteiger partial charge in [-0.1, -0.05) is 146 Å². The van der Waals surface area contributed by atoms with Crippen LogP contribution < -0.4 is 21.2 Å². The van der Waals surface area contributed by atoms with E-state index in [1.807, 2.05) is 135 Å². The van der Waals surface area contributed by atoms with E-state index in [1.54, 1.807) is 0 Å². The third-order valence-corrected chi connectivity index (χ3v) is 15.0. The Morgan fingerprint density at radius 2 is 0.643 bits per heavy atom. The summed E-state index contributed by atoms with van der Waals surface area (Å²) in [5, 5.41) is 4.96. The summed E-state index contributed by atoms with van der Waals surface area (Å²) in [6.45, 7) is 4.07. The van der Waals surface area contributed by atoms with Gasteiger partial charge in [-0.25, -0.2) is 0 Å². The first-order valence-corrected chi connectivity index (χ1v) is 17.8. The van der Waals surface area contributed by atoms with Gasteiger partial charge in [-0.15, -0.1) is 0 Å². The van der Waals surface area contributed by atoms with Gasteiger partial charge in [0, 0.05) is 21.2 Å². The molecule has 0 saturated carbocycles. The minimum absolute atomic E-state index is 0.641. The summed E-state index contributed by atoms with van der Waals surface area (Å²) in [4.78, 5) is 0. The Balaban J connectivity index is 1.69. The molecule has 2 nitrogen and oxygen atoms in total. The van der Waals surface area contributed by atoms with Crippen molar-refractivity contribution in [3.05, 3.63) is 178 Å². The van der Waals surface area contributed by atoms with Crippen LogP contribution in [0.1, 0.15) is 25.0 Å². The molecule has 5 aromatic carbocycles. The lowest BCUT2D eigenvalue weighted by Gasteiger charge is -2.32. The fraction of sp³-hybridized carbons (Fsp3) is 0.105. The Hall–Kier alpha value is -3.96. The SMILES string of the molecule is C/C(=C1\Cc2ccccc2C\C1=C(\C)P(=O)(c1ccccc1)c1ccccc1)P(=O)(c1ccccc1)c1ccccc1. The van der Waals surface area contributed by atoms with Gasteiger partial charge in [-0.2, -0.15) is 0 Å². The van der Waals surface area contributed by atoms with Crippen molar-refractivity contribution in [2.24, 2.45) is 0 Å². The average molecular weight is 585 g/mol. The molecule has 0 amide bonds. The van der Waals surface area contributed by atoms with Gasteiger partial charge in [0.15, 0.2) is 14.3 Å². The van der Waals surface area contributed by atoms with E-state index in [2.05, 4.69) is 24.3 Å². The third kappa shape index (κ3) is 4.90. The van der Waals surface area contributed by atoms with E-state index in [4.69, 9.17) is 0 Å². The third-order valence-electron chi connectivity index (χ3n) is 8.51. The predicted octanol–water partition coefficient (Wildman–Crippen LogP) is 8.36. The molecular weight excluding hydrogens is 550 g/mol. The van der Waals surface area contributed by atoms with Crippen LogP contribution in [-0.4, -0.2) is 0 Å². The van der Waals surface area contributed by atoms with Crippen molar-refractivity contribution in [3.8, 4) is 0 Å². The van der Waals surface area contributed by atoms with Crippen LogP contribution in [0.4, 0.5) is 0 Å². The molecule has 0 atom stereocenters. The van der Waals surface area contributed by atoms with Crippen molar-refractivity contribution < 1.29 is 9.13 Å². The minimum atomic E-state index is -3.21. The highest BCUT2D eigenvalue weighted by Crippen LogP contribution is 2.58. The van der Waals surface area contributed by atoms with Crippen molar-refractivity contribution in [1.29, 1.82) is 0 Å². The Bertz CT molecular complexity index is 1650. The van der Waals surface area contributed by atoms with Gasteiger partial charge in [0.25, 0.3) is 0 Å².